The minimum Gasteiger partial charge on any atom is -0.481 e. The Morgan fingerprint density at radius 1 is 1.16 bits per heavy atom. The summed E-state index contributed by atoms with van der Waals surface area (Å²) in [6.07, 6.45) is 4.42. The molecular weight excluding hydrogens is 320 g/mol. The fourth-order valence-electron chi connectivity index (χ4n) is 8.55. The second-order valence-corrected chi connectivity index (χ2v) is 10.3. The predicted molar refractivity (Wildman–Crippen MR) is 89.8 cm³/mol. The van der Waals surface area contributed by atoms with Gasteiger partial charge in [0.1, 0.15) is 5.60 Å². The molecule has 6 aliphatic rings. The summed E-state index contributed by atoms with van der Waals surface area (Å²) in [5.41, 5.74) is -3.54. The molecule has 140 valence electrons. The number of hydrogen-bond acceptors (Lipinski definition) is 4. The normalized spacial score (nSPS) is 64.8. The largest absolute Gasteiger partial charge is 0.481 e. The van der Waals surface area contributed by atoms with Gasteiger partial charge >= 0.3 is 5.97 Å². The van der Waals surface area contributed by atoms with Crippen LogP contribution in [0.4, 0.5) is 0 Å². The molecule has 6 rings (SSSR count). The lowest BCUT2D eigenvalue weighted by molar-refractivity contribution is -0.351. The molecule has 25 heavy (non-hydrogen) atoms. The highest BCUT2D eigenvalue weighted by Gasteiger charge is 2.84. The van der Waals surface area contributed by atoms with Crippen molar-refractivity contribution in [3.05, 3.63) is 0 Å². The van der Waals surface area contributed by atoms with E-state index in [0.29, 0.717) is 18.8 Å². The van der Waals surface area contributed by atoms with Crippen molar-refractivity contribution in [3.63, 3.8) is 0 Å². The third-order valence-corrected chi connectivity index (χ3v) is 9.78. The van der Waals surface area contributed by atoms with Crippen molar-refractivity contribution < 1.29 is 24.9 Å². The smallest absolute Gasteiger partial charge is 0.309 e. The minimum absolute atomic E-state index is 0.0818. The highest BCUT2D eigenvalue weighted by Crippen LogP contribution is 2.78. The Labute approximate surface area is 148 Å². The number of fused-ring (bicyclic) bond motifs is 1. The van der Waals surface area contributed by atoms with Crippen molar-refractivity contribution >= 4 is 5.97 Å². The van der Waals surface area contributed by atoms with Crippen LogP contribution in [0.1, 0.15) is 65.7 Å². The maximum Gasteiger partial charge on any atom is 0.309 e. The van der Waals surface area contributed by atoms with E-state index < -0.39 is 39.5 Å². The van der Waals surface area contributed by atoms with E-state index in [4.69, 9.17) is 4.74 Å². The Kier molecular flexibility index (Phi) is 2.81. The van der Waals surface area contributed by atoms with E-state index in [-0.39, 0.29) is 12.0 Å². The van der Waals surface area contributed by atoms with Crippen LogP contribution in [0.5, 0.6) is 0 Å². The van der Waals surface area contributed by atoms with Crippen molar-refractivity contribution in [2.75, 3.05) is 0 Å². The quantitative estimate of drug-likeness (QED) is 0.676. The lowest BCUT2D eigenvalue weighted by Gasteiger charge is -2.70. The predicted octanol–water partition coefficient (Wildman–Crippen LogP) is 2.34. The second-order valence-electron chi connectivity index (χ2n) is 10.3. The first-order valence-electron chi connectivity index (χ1n) is 9.88. The monoisotopic (exact) mass is 350 g/mol. The van der Waals surface area contributed by atoms with Crippen molar-refractivity contribution in [1.82, 2.24) is 0 Å². The van der Waals surface area contributed by atoms with Crippen LogP contribution >= 0.6 is 0 Å². The van der Waals surface area contributed by atoms with E-state index in [1.54, 1.807) is 0 Å². The first-order chi connectivity index (χ1) is 11.6. The fourth-order valence-corrected chi connectivity index (χ4v) is 8.55. The average Bonchev–Trinajstić information content (AvgIpc) is 2.92. The standard InChI is InChI=1S/C20H30O5/c1-16(15(22)23)6-4-7-17(2)12(16)5-8-19-10-11-9-13(20(17,19)24)25-18(11,3)14(19)21/h11-14,21,24H,4-10H2,1-3H3,(H,22,23). The summed E-state index contributed by atoms with van der Waals surface area (Å²) in [6.45, 7) is 5.96. The Morgan fingerprint density at radius 2 is 1.88 bits per heavy atom. The lowest BCUT2D eigenvalue weighted by atomic mass is 9.37. The zero-order valence-corrected chi connectivity index (χ0v) is 15.4. The summed E-state index contributed by atoms with van der Waals surface area (Å²) in [5, 5.41) is 33.5. The molecule has 5 heteroatoms. The van der Waals surface area contributed by atoms with E-state index in [2.05, 4.69) is 6.92 Å². The van der Waals surface area contributed by atoms with Crippen molar-refractivity contribution in [2.24, 2.45) is 28.1 Å². The number of rotatable bonds is 1. The molecule has 0 aromatic rings. The zero-order chi connectivity index (χ0) is 18.0. The molecule has 4 saturated carbocycles. The van der Waals surface area contributed by atoms with Crippen molar-refractivity contribution in [3.8, 4) is 0 Å². The Balaban J connectivity index is 1.69. The molecule has 9 atom stereocenters. The van der Waals surface area contributed by atoms with Crippen LogP contribution in [0.3, 0.4) is 0 Å². The summed E-state index contributed by atoms with van der Waals surface area (Å²) >= 11 is 0. The van der Waals surface area contributed by atoms with Crippen LogP contribution in [0.25, 0.3) is 0 Å². The van der Waals surface area contributed by atoms with E-state index >= 15 is 0 Å². The molecule has 2 saturated heterocycles. The van der Waals surface area contributed by atoms with Gasteiger partial charge in [-0.2, -0.15) is 0 Å². The van der Waals surface area contributed by atoms with Crippen molar-refractivity contribution in [1.29, 1.82) is 0 Å². The van der Waals surface area contributed by atoms with Crippen LogP contribution in [-0.4, -0.2) is 44.7 Å². The van der Waals surface area contributed by atoms with Crippen LogP contribution in [0.15, 0.2) is 0 Å². The van der Waals surface area contributed by atoms with Gasteiger partial charge in [-0.25, -0.2) is 0 Å². The number of carboxylic acids is 1. The number of ether oxygens (including phenoxy) is 1. The first kappa shape index (κ1) is 16.5. The van der Waals surface area contributed by atoms with Gasteiger partial charge in [0.15, 0.2) is 0 Å². The van der Waals surface area contributed by atoms with Gasteiger partial charge in [0.05, 0.1) is 23.2 Å². The van der Waals surface area contributed by atoms with E-state index in [0.717, 1.165) is 32.1 Å². The van der Waals surface area contributed by atoms with Gasteiger partial charge in [-0.05, 0) is 64.2 Å². The molecule has 1 spiro atoms. The highest BCUT2D eigenvalue weighted by molar-refractivity contribution is 5.75. The molecule has 6 fully saturated rings. The van der Waals surface area contributed by atoms with Gasteiger partial charge in [0.25, 0.3) is 0 Å². The maximum atomic E-state index is 12.3. The van der Waals surface area contributed by atoms with Gasteiger partial charge in [0, 0.05) is 10.8 Å². The van der Waals surface area contributed by atoms with Gasteiger partial charge in [-0.3, -0.25) is 4.79 Å². The SMILES string of the molecule is CC1(C(=O)O)CCCC2(C)C1CCC13CC4CC(OC4(C)C1O)C23O. The summed E-state index contributed by atoms with van der Waals surface area (Å²) in [7, 11) is 0. The summed E-state index contributed by atoms with van der Waals surface area (Å²) in [6, 6.07) is 0. The van der Waals surface area contributed by atoms with Crippen LogP contribution in [-0.2, 0) is 9.53 Å². The van der Waals surface area contributed by atoms with Crippen LogP contribution in [0, 0.1) is 28.1 Å². The second kappa shape index (κ2) is 4.26. The number of aliphatic carboxylic acids is 1. The summed E-state index contributed by atoms with van der Waals surface area (Å²) in [4.78, 5) is 12.1. The van der Waals surface area contributed by atoms with E-state index in [9.17, 15) is 20.1 Å². The molecule has 3 N–H and O–H groups in total. The van der Waals surface area contributed by atoms with Crippen LogP contribution in [0.2, 0.25) is 0 Å². The van der Waals surface area contributed by atoms with Gasteiger partial charge in [0.2, 0.25) is 0 Å². The molecule has 0 aromatic heterocycles. The molecule has 0 amide bonds. The fraction of sp³-hybridized carbons (Fsp3) is 0.950. The molecule has 9 unspecified atom stereocenters. The third-order valence-electron chi connectivity index (χ3n) is 9.78. The van der Waals surface area contributed by atoms with E-state index in [1.165, 1.54) is 0 Å². The summed E-state index contributed by atoms with van der Waals surface area (Å²) in [5.74, 6) is -0.521. The van der Waals surface area contributed by atoms with Crippen molar-refractivity contribution in [2.45, 2.75) is 89.1 Å². The van der Waals surface area contributed by atoms with Gasteiger partial charge < -0.3 is 20.1 Å². The Hall–Kier alpha value is -0.650. The lowest BCUT2D eigenvalue weighted by Crippen LogP contribution is -2.78. The topological polar surface area (TPSA) is 87.0 Å². The Morgan fingerprint density at radius 3 is 2.52 bits per heavy atom. The molecule has 0 radical (unpaired) electrons. The number of aliphatic hydroxyl groups excluding tert-OH is 1. The maximum absolute atomic E-state index is 12.3. The number of aliphatic hydroxyl groups is 2. The Bertz CT molecular complexity index is 664. The van der Waals surface area contributed by atoms with Gasteiger partial charge in [-0.1, -0.05) is 13.3 Å². The van der Waals surface area contributed by atoms with Crippen LogP contribution < -0.4 is 0 Å². The zero-order valence-electron chi connectivity index (χ0n) is 15.4. The number of hydrogen-bond donors (Lipinski definition) is 3. The molecule has 4 aliphatic carbocycles. The summed E-state index contributed by atoms with van der Waals surface area (Å²) < 4.78 is 6.31. The van der Waals surface area contributed by atoms with Gasteiger partial charge in [-0.15, -0.1) is 0 Å². The third kappa shape index (κ3) is 1.39. The molecule has 0 aromatic carbocycles. The van der Waals surface area contributed by atoms with E-state index in [1.807, 2.05) is 13.8 Å². The number of carboxylic acid groups (broad SMARTS) is 1. The minimum atomic E-state index is -1.13. The molecular formula is C20H30O5. The average molecular weight is 350 g/mol. The molecule has 2 heterocycles. The molecule has 2 aliphatic heterocycles. The molecule has 5 nitrogen and oxygen atoms in total. The number of carbonyl (C=O) groups is 1. The highest BCUT2D eigenvalue weighted by atomic mass is 16.6. The molecule has 4 bridgehead atoms. The first-order valence-corrected chi connectivity index (χ1v) is 9.88.